The minimum Gasteiger partial charge on any atom is -0.322 e. The van der Waals surface area contributed by atoms with E-state index in [1.807, 2.05) is 43.3 Å². The lowest BCUT2D eigenvalue weighted by Gasteiger charge is -2.10. The largest absolute Gasteiger partial charge is 0.322 e. The minimum atomic E-state index is -0.586. The van der Waals surface area contributed by atoms with E-state index < -0.39 is 4.92 Å². The van der Waals surface area contributed by atoms with Crippen molar-refractivity contribution in [2.24, 2.45) is 0 Å². The molecule has 0 unspecified atom stereocenters. The first-order chi connectivity index (χ1) is 13.9. The Hall–Kier alpha value is -3.29. The van der Waals surface area contributed by atoms with Crippen molar-refractivity contribution >= 4 is 51.1 Å². The normalized spacial score (nSPS) is 10.8. The Morgan fingerprint density at radius 1 is 1.14 bits per heavy atom. The number of halogens is 1. The first-order valence-electron chi connectivity index (χ1n) is 8.64. The molecule has 2 heterocycles. The molecule has 0 bridgehead atoms. The maximum atomic E-state index is 13.0. The third kappa shape index (κ3) is 3.83. The van der Waals surface area contributed by atoms with Crippen LogP contribution in [0.4, 0.5) is 11.4 Å². The van der Waals surface area contributed by atoms with Gasteiger partial charge in [-0.05, 0) is 43.3 Å². The molecule has 0 radical (unpaired) electrons. The number of amides is 1. The van der Waals surface area contributed by atoms with E-state index in [1.165, 1.54) is 18.2 Å². The molecule has 0 aliphatic rings. The van der Waals surface area contributed by atoms with Gasteiger partial charge in [0.15, 0.2) is 0 Å². The summed E-state index contributed by atoms with van der Waals surface area (Å²) in [4.78, 5) is 30.4. The molecule has 2 aromatic carbocycles. The standard InChI is InChI=1S/C21H14ClN3O3S/c1-12-6-9-20(29-12)18-11-15(14-4-2-3-5-17(14)24-18)21(26)23-13-7-8-16(22)19(10-13)25(27)28/h2-11H,1H3,(H,23,26). The SMILES string of the molecule is Cc1ccc(-c2cc(C(=O)Nc3ccc(Cl)c([N+](=O)[O-])c3)c3ccccc3n2)s1. The van der Waals surface area contributed by atoms with Gasteiger partial charge in [0.25, 0.3) is 11.6 Å². The Kier molecular flexibility index (Phi) is 5.00. The van der Waals surface area contributed by atoms with Gasteiger partial charge in [0, 0.05) is 22.0 Å². The molecule has 144 valence electrons. The number of rotatable bonds is 4. The van der Waals surface area contributed by atoms with Crippen molar-refractivity contribution < 1.29 is 9.72 Å². The van der Waals surface area contributed by atoms with Crippen LogP contribution in [-0.4, -0.2) is 15.8 Å². The second kappa shape index (κ2) is 7.62. The van der Waals surface area contributed by atoms with Crippen LogP contribution in [0.5, 0.6) is 0 Å². The van der Waals surface area contributed by atoms with E-state index in [0.717, 1.165) is 9.75 Å². The van der Waals surface area contributed by atoms with Gasteiger partial charge in [-0.3, -0.25) is 14.9 Å². The van der Waals surface area contributed by atoms with Gasteiger partial charge >= 0.3 is 0 Å². The molecule has 4 aromatic rings. The summed E-state index contributed by atoms with van der Waals surface area (Å²) < 4.78 is 0. The average molecular weight is 424 g/mol. The van der Waals surface area contributed by atoms with E-state index >= 15 is 0 Å². The van der Waals surface area contributed by atoms with E-state index in [-0.39, 0.29) is 16.6 Å². The van der Waals surface area contributed by atoms with Crippen LogP contribution in [0.3, 0.4) is 0 Å². The summed E-state index contributed by atoms with van der Waals surface area (Å²) in [6, 6.07) is 17.3. The van der Waals surface area contributed by atoms with Gasteiger partial charge in [0.2, 0.25) is 0 Å². The van der Waals surface area contributed by atoms with Crippen molar-refractivity contribution in [3.8, 4) is 10.6 Å². The Labute approximate surface area is 174 Å². The highest BCUT2D eigenvalue weighted by Gasteiger charge is 2.17. The number of carbonyl (C=O) groups excluding carboxylic acids is 1. The number of para-hydroxylation sites is 1. The van der Waals surface area contributed by atoms with Crippen molar-refractivity contribution in [3.63, 3.8) is 0 Å². The molecule has 0 saturated carbocycles. The lowest BCUT2D eigenvalue weighted by atomic mass is 10.1. The van der Waals surface area contributed by atoms with Gasteiger partial charge in [0.05, 0.1) is 26.6 Å². The summed E-state index contributed by atoms with van der Waals surface area (Å²) in [6.07, 6.45) is 0. The first-order valence-corrected chi connectivity index (χ1v) is 9.84. The van der Waals surface area contributed by atoms with E-state index in [1.54, 1.807) is 17.4 Å². The van der Waals surface area contributed by atoms with Crippen LogP contribution in [0.15, 0.2) is 60.7 Å². The number of aryl methyl sites for hydroxylation is 1. The predicted molar refractivity (Wildman–Crippen MR) is 116 cm³/mol. The van der Waals surface area contributed by atoms with Gasteiger partial charge in [-0.25, -0.2) is 4.98 Å². The zero-order valence-electron chi connectivity index (χ0n) is 15.2. The van der Waals surface area contributed by atoms with Crippen LogP contribution in [0.2, 0.25) is 5.02 Å². The molecule has 4 rings (SSSR count). The summed E-state index contributed by atoms with van der Waals surface area (Å²) >= 11 is 7.45. The van der Waals surface area contributed by atoms with Crippen molar-refractivity contribution in [1.29, 1.82) is 0 Å². The number of fused-ring (bicyclic) bond motifs is 1. The van der Waals surface area contributed by atoms with Crippen LogP contribution in [-0.2, 0) is 0 Å². The molecule has 0 aliphatic carbocycles. The topological polar surface area (TPSA) is 85.1 Å². The van der Waals surface area contributed by atoms with E-state index in [4.69, 9.17) is 11.6 Å². The highest BCUT2D eigenvalue weighted by Crippen LogP contribution is 2.31. The lowest BCUT2D eigenvalue weighted by molar-refractivity contribution is -0.384. The van der Waals surface area contributed by atoms with Gasteiger partial charge in [-0.2, -0.15) is 0 Å². The second-order valence-corrected chi connectivity index (χ2v) is 8.06. The summed E-state index contributed by atoms with van der Waals surface area (Å²) in [5.74, 6) is -0.380. The molecular weight excluding hydrogens is 410 g/mol. The molecule has 0 saturated heterocycles. The number of thiophene rings is 1. The Morgan fingerprint density at radius 3 is 2.66 bits per heavy atom. The van der Waals surface area contributed by atoms with Crippen LogP contribution in [0.1, 0.15) is 15.2 Å². The Bertz CT molecular complexity index is 1270. The number of nitrogens with one attached hydrogen (secondary N) is 1. The number of hydrogen-bond donors (Lipinski definition) is 1. The third-order valence-corrected chi connectivity index (χ3v) is 5.70. The molecule has 1 N–H and O–H groups in total. The fourth-order valence-electron chi connectivity index (χ4n) is 2.99. The molecule has 0 atom stereocenters. The quantitative estimate of drug-likeness (QED) is 0.318. The van der Waals surface area contributed by atoms with Crippen LogP contribution in [0, 0.1) is 17.0 Å². The predicted octanol–water partition coefficient (Wildman–Crippen LogP) is 6.09. The number of aromatic nitrogens is 1. The van der Waals surface area contributed by atoms with Crippen LogP contribution in [0.25, 0.3) is 21.5 Å². The van der Waals surface area contributed by atoms with Gasteiger partial charge < -0.3 is 5.32 Å². The number of nitro groups is 1. The number of hydrogen-bond acceptors (Lipinski definition) is 5. The molecule has 6 nitrogen and oxygen atoms in total. The molecular formula is C21H14ClN3O3S. The summed E-state index contributed by atoms with van der Waals surface area (Å²) in [7, 11) is 0. The number of anilines is 1. The van der Waals surface area contributed by atoms with Gasteiger partial charge in [0.1, 0.15) is 5.02 Å². The summed E-state index contributed by atoms with van der Waals surface area (Å²) in [5.41, 5.74) is 1.87. The molecule has 8 heteroatoms. The molecule has 2 aromatic heterocycles. The molecule has 0 fully saturated rings. The zero-order valence-corrected chi connectivity index (χ0v) is 16.8. The third-order valence-electron chi connectivity index (χ3n) is 4.35. The van der Waals surface area contributed by atoms with Crippen molar-refractivity contribution in [2.45, 2.75) is 6.92 Å². The Balaban J connectivity index is 1.77. The molecule has 0 spiro atoms. The number of nitrogens with zero attached hydrogens (tertiary/aromatic N) is 2. The highest BCUT2D eigenvalue weighted by atomic mass is 35.5. The van der Waals surface area contributed by atoms with Crippen LogP contribution >= 0.6 is 22.9 Å². The monoisotopic (exact) mass is 423 g/mol. The smallest absolute Gasteiger partial charge is 0.289 e. The van der Waals surface area contributed by atoms with Crippen molar-refractivity contribution in [3.05, 3.63) is 86.2 Å². The second-order valence-electron chi connectivity index (χ2n) is 6.36. The molecule has 1 amide bonds. The fraction of sp³-hybridized carbons (Fsp3) is 0.0476. The first kappa shape index (κ1) is 19.0. The maximum absolute atomic E-state index is 13.0. The van der Waals surface area contributed by atoms with E-state index in [2.05, 4.69) is 10.3 Å². The van der Waals surface area contributed by atoms with Crippen molar-refractivity contribution in [2.75, 3.05) is 5.32 Å². The van der Waals surface area contributed by atoms with Gasteiger partial charge in [-0.15, -0.1) is 11.3 Å². The fourth-order valence-corrected chi connectivity index (χ4v) is 4.01. The highest BCUT2D eigenvalue weighted by molar-refractivity contribution is 7.15. The number of carbonyl (C=O) groups is 1. The molecule has 0 aliphatic heterocycles. The average Bonchev–Trinajstić information content (AvgIpc) is 3.14. The minimum absolute atomic E-state index is 0.0118. The molecule has 29 heavy (non-hydrogen) atoms. The van der Waals surface area contributed by atoms with Gasteiger partial charge in [-0.1, -0.05) is 29.8 Å². The number of benzene rings is 2. The number of pyridine rings is 1. The van der Waals surface area contributed by atoms with E-state index in [9.17, 15) is 14.9 Å². The lowest BCUT2D eigenvalue weighted by Crippen LogP contribution is -2.13. The number of nitro benzene ring substituents is 1. The zero-order chi connectivity index (χ0) is 20.5. The van der Waals surface area contributed by atoms with Crippen LogP contribution < -0.4 is 5.32 Å². The van der Waals surface area contributed by atoms with E-state index in [0.29, 0.717) is 27.8 Å². The summed E-state index contributed by atoms with van der Waals surface area (Å²) in [5, 5.41) is 14.6. The summed E-state index contributed by atoms with van der Waals surface area (Å²) in [6.45, 7) is 2.01. The van der Waals surface area contributed by atoms with Crippen molar-refractivity contribution in [1.82, 2.24) is 4.98 Å². The Morgan fingerprint density at radius 2 is 1.93 bits per heavy atom. The maximum Gasteiger partial charge on any atom is 0.289 e.